The largest absolute Gasteiger partial charge is 0.393 e. The second kappa shape index (κ2) is 13.7. The first kappa shape index (κ1) is 30.8. The van der Waals surface area contributed by atoms with Crippen molar-refractivity contribution in [3.05, 3.63) is 0 Å². The second-order valence-electron chi connectivity index (χ2n) is 15.4. The van der Waals surface area contributed by atoms with E-state index in [-0.39, 0.29) is 6.10 Å². The van der Waals surface area contributed by atoms with E-state index in [4.69, 9.17) is 5.73 Å². The molecule has 3 unspecified atom stereocenters. The van der Waals surface area contributed by atoms with Gasteiger partial charge < -0.3 is 21.5 Å². The molecule has 4 aliphatic carbocycles. The summed E-state index contributed by atoms with van der Waals surface area (Å²) in [5.41, 5.74) is 6.49. The van der Waals surface area contributed by atoms with Crippen LogP contribution in [0.1, 0.15) is 118 Å². The van der Waals surface area contributed by atoms with Crippen LogP contribution < -0.4 is 16.4 Å². The molecule has 0 aromatic rings. The molecule has 38 heavy (non-hydrogen) atoms. The number of hydrogen-bond donors (Lipinski definition) is 4. The van der Waals surface area contributed by atoms with Crippen molar-refractivity contribution in [1.82, 2.24) is 10.6 Å². The van der Waals surface area contributed by atoms with E-state index in [1.54, 1.807) is 0 Å². The van der Waals surface area contributed by atoms with E-state index in [0.29, 0.717) is 22.7 Å². The van der Waals surface area contributed by atoms with Gasteiger partial charge >= 0.3 is 0 Å². The Balaban J connectivity index is 1.30. The highest BCUT2D eigenvalue weighted by atomic mass is 16.3. The van der Waals surface area contributed by atoms with Crippen LogP contribution in [0.25, 0.3) is 0 Å². The lowest BCUT2D eigenvalue weighted by Crippen LogP contribution is -2.58. The lowest BCUT2D eigenvalue weighted by molar-refractivity contribution is -0.169. The molecular weight excluding hydrogens is 466 g/mol. The first-order valence-corrected chi connectivity index (χ1v) is 17.0. The molecule has 0 heterocycles. The molecule has 0 aliphatic heterocycles. The quantitative estimate of drug-likeness (QED) is 0.190. The van der Waals surface area contributed by atoms with Crippen molar-refractivity contribution in [3.8, 4) is 0 Å². The normalized spacial score (nSPS) is 41.5. The molecule has 0 saturated heterocycles. The van der Waals surface area contributed by atoms with Crippen LogP contribution >= 0.6 is 0 Å². The fourth-order valence-electron chi connectivity index (χ4n) is 10.5. The lowest BCUT2D eigenvalue weighted by atomic mass is 9.43. The molecule has 222 valence electrons. The van der Waals surface area contributed by atoms with E-state index >= 15 is 0 Å². The van der Waals surface area contributed by atoms with Crippen molar-refractivity contribution in [2.75, 3.05) is 32.7 Å². The third-order valence-electron chi connectivity index (χ3n) is 12.7. The molecule has 0 bridgehead atoms. The van der Waals surface area contributed by atoms with Gasteiger partial charge in [-0.1, -0.05) is 53.9 Å². The van der Waals surface area contributed by atoms with Gasteiger partial charge in [-0.3, -0.25) is 0 Å². The highest BCUT2D eigenvalue weighted by Crippen LogP contribution is 2.68. The summed E-state index contributed by atoms with van der Waals surface area (Å²) >= 11 is 0. The highest BCUT2D eigenvalue weighted by Gasteiger charge is 2.62. The summed E-state index contributed by atoms with van der Waals surface area (Å²) < 4.78 is 0. The summed E-state index contributed by atoms with van der Waals surface area (Å²) in [5.74, 6) is 6.11. The molecule has 0 radical (unpaired) electrons. The number of nitrogens with one attached hydrogen (secondary N) is 2. The van der Waals surface area contributed by atoms with Crippen LogP contribution in [0.5, 0.6) is 0 Å². The molecule has 0 aromatic carbocycles. The van der Waals surface area contributed by atoms with Gasteiger partial charge in [0.05, 0.1) is 6.10 Å². The minimum absolute atomic E-state index is 0.0657. The van der Waals surface area contributed by atoms with Crippen molar-refractivity contribution in [2.45, 2.75) is 124 Å². The summed E-state index contributed by atoms with van der Waals surface area (Å²) in [7, 11) is 0. The maximum atomic E-state index is 11.7. The summed E-state index contributed by atoms with van der Waals surface area (Å²) in [5, 5.41) is 19.0. The Morgan fingerprint density at radius 3 is 2.29 bits per heavy atom. The highest BCUT2D eigenvalue weighted by molar-refractivity contribution is 5.11. The van der Waals surface area contributed by atoms with Crippen LogP contribution in [0.3, 0.4) is 0 Å². The molecule has 4 rings (SSSR count). The number of fused-ring (bicyclic) bond motifs is 5. The minimum Gasteiger partial charge on any atom is -0.393 e. The Bertz CT molecular complexity index is 714. The zero-order chi connectivity index (χ0) is 27.3. The molecule has 4 fully saturated rings. The van der Waals surface area contributed by atoms with Crippen LogP contribution in [-0.2, 0) is 0 Å². The van der Waals surface area contributed by atoms with Gasteiger partial charge in [-0.25, -0.2) is 0 Å². The number of nitrogens with two attached hydrogens (primary N) is 1. The third kappa shape index (κ3) is 6.66. The van der Waals surface area contributed by atoms with Crippen LogP contribution in [0.15, 0.2) is 0 Å². The maximum Gasteiger partial charge on any atom is 0.0577 e. The predicted molar refractivity (Wildman–Crippen MR) is 162 cm³/mol. The molecule has 4 heteroatoms. The molecule has 0 amide bonds. The molecule has 4 aliphatic rings. The van der Waals surface area contributed by atoms with Crippen molar-refractivity contribution in [1.29, 1.82) is 0 Å². The molecule has 10 atom stereocenters. The molecule has 0 aromatic heterocycles. The maximum absolute atomic E-state index is 11.7. The topological polar surface area (TPSA) is 70.3 Å². The first-order valence-electron chi connectivity index (χ1n) is 17.0. The zero-order valence-corrected chi connectivity index (χ0v) is 25.9. The average molecular weight is 532 g/mol. The van der Waals surface area contributed by atoms with E-state index in [1.165, 1.54) is 70.6 Å². The van der Waals surface area contributed by atoms with E-state index in [2.05, 4.69) is 45.3 Å². The fourth-order valence-corrected chi connectivity index (χ4v) is 10.5. The smallest absolute Gasteiger partial charge is 0.0577 e. The molecular formula is C34H65N3O. The van der Waals surface area contributed by atoms with E-state index in [9.17, 15) is 5.11 Å². The number of aliphatic hydroxyl groups excluding tert-OH is 1. The zero-order valence-electron chi connectivity index (χ0n) is 25.9. The Morgan fingerprint density at radius 1 is 0.816 bits per heavy atom. The fraction of sp³-hybridized carbons (Fsp3) is 1.00. The van der Waals surface area contributed by atoms with E-state index < -0.39 is 0 Å². The van der Waals surface area contributed by atoms with E-state index in [1.807, 2.05) is 0 Å². The standard InChI is InChI=1S/C34H65N3O/c1-24(2)9-6-10-25(3)28-11-12-29-32-30(14-16-34(28,29)5)33(4)15-13-26(21-27(33)22-31(32)38)23-37-20-8-19-36-18-7-17-35/h24-32,36-38H,6-23,35H2,1-5H3/t25-,26+,27-,28-,29?,30?,31-,32?,33+,34-/m1/s1. The van der Waals surface area contributed by atoms with Crippen molar-refractivity contribution >= 4 is 0 Å². The van der Waals surface area contributed by atoms with E-state index in [0.717, 1.165) is 81.1 Å². The summed E-state index contributed by atoms with van der Waals surface area (Å²) in [6.45, 7) is 17.8. The summed E-state index contributed by atoms with van der Waals surface area (Å²) in [6.07, 6.45) is 17.1. The molecule has 4 nitrogen and oxygen atoms in total. The van der Waals surface area contributed by atoms with Gasteiger partial charge in [0, 0.05) is 0 Å². The Morgan fingerprint density at radius 2 is 1.53 bits per heavy atom. The van der Waals surface area contributed by atoms with Crippen molar-refractivity contribution < 1.29 is 5.11 Å². The number of aliphatic hydroxyl groups is 1. The molecule has 5 N–H and O–H groups in total. The molecule has 4 saturated carbocycles. The van der Waals surface area contributed by atoms with Gasteiger partial charge in [0.1, 0.15) is 0 Å². The Labute approximate surface area is 236 Å². The van der Waals surface area contributed by atoms with Gasteiger partial charge in [0.2, 0.25) is 0 Å². The monoisotopic (exact) mass is 532 g/mol. The van der Waals surface area contributed by atoms with Gasteiger partial charge in [-0.15, -0.1) is 0 Å². The molecule has 0 spiro atoms. The third-order valence-corrected chi connectivity index (χ3v) is 12.7. The van der Waals surface area contributed by atoms with Crippen LogP contribution in [0, 0.1) is 58.2 Å². The lowest BCUT2D eigenvalue weighted by Gasteiger charge is -2.62. The van der Waals surface area contributed by atoms with Gasteiger partial charge in [0.15, 0.2) is 0 Å². The summed E-state index contributed by atoms with van der Waals surface area (Å²) in [6, 6.07) is 0. The van der Waals surface area contributed by atoms with Crippen LogP contribution in [0.2, 0.25) is 0 Å². The second-order valence-corrected chi connectivity index (χ2v) is 15.4. The predicted octanol–water partition coefficient (Wildman–Crippen LogP) is 6.61. The number of hydrogen-bond acceptors (Lipinski definition) is 4. The van der Waals surface area contributed by atoms with Gasteiger partial charge in [-0.05, 0) is 155 Å². The first-order chi connectivity index (χ1) is 18.2. The van der Waals surface area contributed by atoms with Gasteiger partial charge in [0.25, 0.3) is 0 Å². The summed E-state index contributed by atoms with van der Waals surface area (Å²) in [4.78, 5) is 0. The van der Waals surface area contributed by atoms with Crippen molar-refractivity contribution in [2.24, 2.45) is 63.9 Å². The van der Waals surface area contributed by atoms with Gasteiger partial charge in [-0.2, -0.15) is 0 Å². The Hall–Kier alpha value is -0.160. The average Bonchev–Trinajstić information content (AvgIpc) is 3.23. The minimum atomic E-state index is -0.0657. The number of rotatable bonds is 14. The Kier molecular flexibility index (Phi) is 11.1. The van der Waals surface area contributed by atoms with Crippen molar-refractivity contribution in [3.63, 3.8) is 0 Å². The SMILES string of the molecule is CC(C)CCC[C@@H](C)[C@H]1CCC2C3C(CC[C@@]21C)[C@@]1(C)CC[C@H](CNCCCNCCCN)C[C@@H]1C[C@H]3O. The van der Waals surface area contributed by atoms with Crippen LogP contribution in [-0.4, -0.2) is 43.9 Å². The van der Waals surface area contributed by atoms with Crippen LogP contribution in [0.4, 0.5) is 0 Å².